The van der Waals surface area contributed by atoms with Gasteiger partial charge in [0.05, 0.1) is 5.56 Å². The van der Waals surface area contributed by atoms with Crippen LogP contribution in [0, 0.1) is 0 Å². The third kappa shape index (κ3) is 4.06. The Morgan fingerprint density at radius 1 is 1.08 bits per heavy atom. The Labute approximate surface area is 141 Å². The number of alkyl halides is 3. The van der Waals surface area contributed by atoms with Crippen molar-refractivity contribution in [3.05, 3.63) is 77.8 Å². The molecule has 25 heavy (non-hydrogen) atoms. The van der Waals surface area contributed by atoms with Crippen LogP contribution in [0.3, 0.4) is 0 Å². The molecule has 128 valence electrons. The number of furan rings is 1. The molecule has 1 aromatic carbocycles. The largest absolute Gasteiger partial charge is 0.451 e. The first kappa shape index (κ1) is 16.8. The van der Waals surface area contributed by atoms with E-state index >= 15 is 0 Å². The fourth-order valence-electron chi connectivity index (χ4n) is 2.23. The van der Waals surface area contributed by atoms with E-state index in [1.54, 1.807) is 24.5 Å². The van der Waals surface area contributed by atoms with Crippen molar-refractivity contribution in [2.24, 2.45) is 0 Å². The topological polar surface area (TPSA) is 55.1 Å². The molecule has 1 N–H and O–H groups in total. The van der Waals surface area contributed by atoms with Gasteiger partial charge in [0, 0.05) is 24.5 Å². The number of hydrogen-bond acceptors (Lipinski definition) is 3. The molecule has 4 nitrogen and oxygen atoms in total. The van der Waals surface area contributed by atoms with E-state index in [1.165, 1.54) is 24.3 Å². The van der Waals surface area contributed by atoms with E-state index in [1.807, 2.05) is 0 Å². The van der Waals surface area contributed by atoms with Gasteiger partial charge >= 0.3 is 6.18 Å². The smallest absolute Gasteiger partial charge is 0.416 e. The Hall–Kier alpha value is -3.09. The number of halogens is 3. The number of nitrogens with zero attached hydrogens (tertiary/aromatic N) is 1. The molecule has 0 atom stereocenters. The first-order chi connectivity index (χ1) is 11.9. The molecule has 0 unspecified atom stereocenters. The van der Waals surface area contributed by atoms with Crippen molar-refractivity contribution in [3.63, 3.8) is 0 Å². The highest BCUT2D eigenvalue weighted by molar-refractivity contribution is 5.92. The van der Waals surface area contributed by atoms with Crippen molar-refractivity contribution in [2.45, 2.75) is 12.7 Å². The standard InChI is InChI=1S/C18H13F3N2O2/c19-18(20,21)14-3-1-2-13(10-14)15-4-5-16(25-15)17(24)23-11-12-6-8-22-9-7-12/h1-10H,11H2,(H,23,24). The lowest BCUT2D eigenvalue weighted by atomic mass is 10.1. The highest BCUT2D eigenvalue weighted by Gasteiger charge is 2.30. The summed E-state index contributed by atoms with van der Waals surface area (Å²) >= 11 is 0. The van der Waals surface area contributed by atoms with Crippen LogP contribution < -0.4 is 5.32 Å². The van der Waals surface area contributed by atoms with Crippen LogP contribution in [0.4, 0.5) is 13.2 Å². The second-order valence-corrected chi connectivity index (χ2v) is 5.28. The van der Waals surface area contributed by atoms with E-state index in [-0.39, 0.29) is 17.1 Å². The van der Waals surface area contributed by atoms with Crippen LogP contribution in [0.25, 0.3) is 11.3 Å². The summed E-state index contributed by atoms with van der Waals surface area (Å²) in [4.78, 5) is 16.0. The third-order valence-electron chi connectivity index (χ3n) is 3.51. The number of pyridine rings is 1. The van der Waals surface area contributed by atoms with Crippen molar-refractivity contribution >= 4 is 5.91 Å². The molecule has 0 saturated carbocycles. The van der Waals surface area contributed by atoms with Gasteiger partial charge in [0.1, 0.15) is 5.76 Å². The van der Waals surface area contributed by atoms with Crippen LogP contribution >= 0.6 is 0 Å². The maximum absolute atomic E-state index is 12.8. The lowest BCUT2D eigenvalue weighted by Crippen LogP contribution is -2.22. The van der Waals surface area contributed by atoms with Crippen molar-refractivity contribution in [1.82, 2.24) is 10.3 Å². The zero-order valence-electron chi connectivity index (χ0n) is 12.9. The van der Waals surface area contributed by atoms with Crippen LogP contribution in [0.2, 0.25) is 0 Å². The normalized spacial score (nSPS) is 11.3. The Kier molecular flexibility index (Phi) is 4.56. The van der Waals surface area contributed by atoms with Gasteiger partial charge in [0.2, 0.25) is 0 Å². The summed E-state index contributed by atoms with van der Waals surface area (Å²) in [5, 5.41) is 2.68. The molecular formula is C18H13F3N2O2. The van der Waals surface area contributed by atoms with Crippen LogP contribution in [0.1, 0.15) is 21.7 Å². The van der Waals surface area contributed by atoms with Gasteiger partial charge in [-0.2, -0.15) is 13.2 Å². The molecule has 2 aromatic heterocycles. The number of hydrogen-bond donors (Lipinski definition) is 1. The Morgan fingerprint density at radius 3 is 2.56 bits per heavy atom. The maximum atomic E-state index is 12.8. The van der Waals surface area contributed by atoms with Gasteiger partial charge < -0.3 is 9.73 Å². The minimum atomic E-state index is -4.44. The van der Waals surface area contributed by atoms with Crippen molar-refractivity contribution < 1.29 is 22.4 Å². The second kappa shape index (κ2) is 6.80. The summed E-state index contributed by atoms with van der Waals surface area (Å²) in [5.74, 6) is -0.225. The summed E-state index contributed by atoms with van der Waals surface area (Å²) < 4.78 is 43.7. The van der Waals surface area contributed by atoms with Crippen molar-refractivity contribution in [2.75, 3.05) is 0 Å². The zero-order chi connectivity index (χ0) is 17.9. The number of carbonyl (C=O) groups is 1. The predicted octanol–water partition coefficient (Wildman–Crippen LogP) is 4.29. The molecule has 0 saturated heterocycles. The Bertz CT molecular complexity index is 873. The van der Waals surface area contributed by atoms with E-state index in [4.69, 9.17) is 4.42 Å². The highest BCUT2D eigenvalue weighted by atomic mass is 19.4. The highest BCUT2D eigenvalue weighted by Crippen LogP contribution is 2.32. The molecule has 3 rings (SSSR count). The van der Waals surface area contributed by atoms with Gasteiger partial charge in [-0.3, -0.25) is 9.78 Å². The van der Waals surface area contributed by atoms with E-state index in [9.17, 15) is 18.0 Å². The molecule has 3 aromatic rings. The quantitative estimate of drug-likeness (QED) is 0.767. The summed E-state index contributed by atoms with van der Waals surface area (Å²) in [5.41, 5.74) is 0.348. The summed E-state index contributed by atoms with van der Waals surface area (Å²) in [6, 6.07) is 11.2. The van der Waals surface area contributed by atoms with E-state index in [0.717, 1.165) is 17.7 Å². The molecule has 1 amide bonds. The zero-order valence-corrected chi connectivity index (χ0v) is 12.9. The maximum Gasteiger partial charge on any atom is 0.416 e. The molecule has 7 heteroatoms. The predicted molar refractivity (Wildman–Crippen MR) is 84.6 cm³/mol. The first-order valence-corrected chi connectivity index (χ1v) is 7.38. The first-order valence-electron chi connectivity index (χ1n) is 7.38. The fourth-order valence-corrected chi connectivity index (χ4v) is 2.23. The lowest BCUT2D eigenvalue weighted by Gasteiger charge is -2.07. The number of benzene rings is 1. The minimum Gasteiger partial charge on any atom is -0.451 e. The number of aromatic nitrogens is 1. The van der Waals surface area contributed by atoms with Gasteiger partial charge in [-0.25, -0.2) is 0 Å². The van der Waals surface area contributed by atoms with Crippen LogP contribution in [-0.2, 0) is 12.7 Å². The summed E-state index contributed by atoms with van der Waals surface area (Å²) in [6.45, 7) is 0.293. The van der Waals surface area contributed by atoms with Crippen LogP contribution in [0.15, 0.2) is 65.3 Å². The van der Waals surface area contributed by atoms with Gasteiger partial charge in [0.25, 0.3) is 5.91 Å². The number of carbonyl (C=O) groups excluding carboxylic acids is 1. The molecule has 0 aliphatic heterocycles. The monoisotopic (exact) mass is 346 g/mol. The SMILES string of the molecule is O=C(NCc1ccncc1)c1ccc(-c2cccc(C(F)(F)F)c2)o1. The average molecular weight is 346 g/mol. The molecule has 0 aliphatic rings. The lowest BCUT2D eigenvalue weighted by molar-refractivity contribution is -0.137. The van der Waals surface area contributed by atoms with Gasteiger partial charge in [0.15, 0.2) is 5.76 Å². The summed E-state index contributed by atoms with van der Waals surface area (Å²) in [7, 11) is 0. The minimum absolute atomic E-state index is 0.0291. The molecule has 0 fully saturated rings. The van der Waals surface area contributed by atoms with Crippen LogP contribution in [-0.4, -0.2) is 10.9 Å². The van der Waals surface area contributed by atoms with Gasteiger partial charge in [-0.15, -0.1) is 0 Å². The fraction of sp³-hybridized carbons (Fsp3) is 0.111. The van der Waals surface area contributed by atoms with Crippen LogP contribution in [0.5, 0.6) is 0 Å². The number of rotatable bonds is 4. The third-order valence-corrected chi connectivity index (χ3v) is 3.51. The molecule has 0 bridgehead atoms. The van der Waals surface area contributed by atoms with Crippen molar-refractivity contribution in [1.29, 1.82) is 0 Å². The molecule has 0 aliphatic carbocycles. The molecule has 0 radical (unpaired) electrons. The number of nitrogens with one attached hydrogen (secondary N) is 1. The van der Waals surface area contributed by atoms with Gasteiger partial charge in [-0.1, -0.05) is 12.1 Å². The average Bonchev–Trinajstić information content (AvgIpc) is 3.10. The van der Waals surface area contributed by atoms with E-state index in [0.29, 0.717) is 6.54 Å². The molecular weight excluding hydrogens is 333 g/mol. The van der Waals surface area contributed by atoms with E-state index in [2.05, 4.69) is 10.3 Å². The molecule has 0 spiro atoms. The Morgan fingerprint density at radius 2 is 1.84 bits per heavy atom. The Balaban J connectivity index is 1.73. The second-order valence-electron chi connectivity index (χ2n) is 5.28. The number of amides is 1. The van der Waals surface area contributed by atoms with Crippen molar-refractivity contribution in [3.8, 4) is 11.3 Å². The molecule has 2 heterocycles. The van der Waals surface area contributed by atoms with E-state index < -0.39 is 17.6 Å². The van der Waals surface area contributed by atoms with Gasteiger partial charge in [-0.05, 0) is 42.0 Å². The summed E-state index contributed by atoms with van der Waals surface area (Å²) in [6.07, 6.45) is -1.21.